The van der Waals surface area contributed by atoms with Gasteiger partial charge in [-0.3, -0.25) is 0 Å². The molecule has 0 amide bonds. The van der Waals surface area contributed by atoms with Gasteiger partial charge in [-0.25, -0.2) is 0 Å². The molecule has 4 heteroatoms. The van der Waals surface area contributed by atoms with Crippen LogP contribution in [0.2, 0.25) is 0 Å². The van der Waals surface area contributed by atoms with Crippen LogP contribution in [0.4, 0.5) is 0 Å². The van der Waals surface area contributed by atoms with Crippen LogP contribution >= 0.6 is 24.8 Å². The van der Waals surface area contributed by atoms with Crippen molar-refractivity contribution in [2.75, 3.05) is 26.2 Å². The van der Waals surface area contributed by atoms with Crippen molar-refractivity contribution in [1.82, 2.24) is 10.6 Å². The predicted molar refractivity (Wildman–Crippen MR) is 124 cm³/mol. The van der Waals surface area contributed by atoms with Gasteiger partial charge in [0.05, 0.1) is 0 Å². The maximum atomic E-state index is 3.56. The Bertz CT molecular complexity index is 485. The van der Waals surface area contributed by atoms with Gasteiger partial charge in [0.1, 0.15) is 0 Å². The van der Waals surface area contributed by atoms with Gasteiger partial charge in [0.15, 0.2) is 0 Å². The van der Waals surface area contributed by atoms with Crippen LogP contribution < -0.4 is 10.6 Å². The second-order valence-electron chi connectivity index (χ2n) is 6.74. The second-order valence-corrected chi connectivity index (χ2v) is 6.74. The van der Waals surface area contributed by atoms with Crippen molar-refractivity contribution < 1.29 is 0 Å². The first-order valence-corrected chi connectivity index (χ1v) is 9.94. The Labute approximate surface area is 178 Å². The fourth-order valence-corrected chi connectivity index (χ4v) is 3.04. The molecule has 152 valence electrons. The molecule has 0 bridgehead atoms. The number of nitrogens with one attached hydrogen (secondary N) is 2. The van der Waals surface area contributed by atoms with Gasteiger partial charge in [-0.1, -0.05) is 60.7 Å². The van der Waals surface area contributed by atoms with E-state index in [0.717, 1.165) is 26.2 Å². The molecule has 0 aromatic heterocycles. The fraction of sp³-hybridized carbons (Fsp3) is 0.478. The molecule has 0 fully saturated rings. The van der Waals surface area contributed by atoms with E-state index < -0.39 is 0 Å². The lowest BCUT2D eigenvalue weighted by Gasteiger charge is -2.07. The van der Waals surface area contributed by atoms with Gasteiger partial charge >= 0.3 is 0 Å². The van der Waals surface area contributed by atoms with Crippen molar-refractivity contribution in [3.8, 4) is 0 Å². The SMILES string of the molecule is Cl.Cl.c1ccc(CCCCNCCCNCCCCc2ccccc2)cc1. The molecule has 0 spiro atoms. The van der Waals surface area contributed by atoms with Gasteiger partial charge in [-0.15, -0.1) is 24.8 Å². The van der Waals surface area contributed by atoms with E-state index in [-0.39, 0.29) is 24.8 Å². The summed E-state index contributed by atoms with van der Waals surface area (Å²) in [7, 11) is 0. The molecule has 2 N–H and O–H groups in total. The summed E-state index contributed by atoms with van der Waals surface area (Å²) < 4.78 is 0. The standard InChI is InChI=1S/C23H34N2.2ClH/c1-3-12-22(13-4-1)16-7-9-18-24-20-11-21-25-19-10-8-17-23-14-5-2-6-15-23;;/h1-6,12-15,24-25H,7-11,16-21H2;2*1H. The maximum Gasteiger partial charge on any atom is -0.00368 e. The molecule has 0 saturated heterocycles. The summed E-state index contributed by atoms with van der Waals surface area (Å²) in [5.41, 5.74) is 2.91. The second kappa shape index (κ2) is 18.3. The summed E-state index contributed by atoms with van der Waals surface area (Å²) in [5.74, 6) is 0. The molecule has 2 rings (SSSR count). The van der Waals surface area contributed by atoms with Crippen LogP contribution in [0.15, 0.2) is 60.7 Å². The molecular formula is C23H36Cl2N2. The molecule has 0 unspecified atom stereocenters. The van der Waals surface area contributed by atoms with Crippen LogP contribution in [0.5, 0.6) is 0 Å². The van der Waals surface area contributed by atoms with E-state index in [4.69, 9.17) is 0 Å². The van der Waals surface area contributed by atoms with Gasteiger partial charge in [0.2, 0.25) is 0 Å². The minimum Gasteiger partial charge on any atom is -0.317 e. The van der Waals surface area contributed by atoms with Crippen molar-refractivity contribution in [1.29, 1.82) is 0 Å². The van der Waals surface area contributed by atoms with E-state index >= 15 is 0 Å². The third-order valence-electron chi connectivity index (χ3n) is 4.53. The molecule has 0 aliphatic rings. The Morgan fingerprint density at radius 1 is 0.444 bits per heavy atom. The van der Waals surface area contributed by atoms with Crippen molar-refractivity contribution >= 4 is 24.8 Å². The van der Waals surface area contributed by atoms with Crippen LogP contribution in [-0.2, 0) is 12.8 Å². The lowest BCUT2D eigenvalue weighted by atomic mass is 10.1. The fourth-order valence-electron chi connectivity index (χ4n) is 3.04. The van der Waals surface area contributed by atoms with Crippen LogP contribution in [0.3, 0.4) is 0 Å². The van der Waals surface area contributed by atoms with E-state index in [9.17, 15) is 0 Å². The average molecular weight is 411 g/mol. The lowest BCUT2D eigenvalue weighted by molar-refractivity contribution is 0.562. The monoisotopic (exact) mass is 410 g/mol. The summed E-state index contributed by atoms with van der Waals surface area (Å²) in [4.78, 5) is 0. The van der Waals surface area contributed by atoms with Gasteiger partial charge in [-0.05, 0) is 82.3 Å². The van der Waals surface area contributed by atoms with Crippen molar-refractivity contribution in [3.05, 3.63) is 71.8 Å². The number of aryl methyl sites for hydroxylation is 2. The summed E-state index contributed by atoms with van der Waals surface area (Å²) in [6, 6.07) is 21.6. The number of unbranched alkanes of at least 4 members (excludes halogenated alkanes) is 2. The van der Waals surface area contributed by atoms with Crippen molar-refractivity contribution in [2.24, 2.45) is 0 Å². The highest BCUT2D eigenvalue weighted by molar-refractivity contribution is 5.85. The van der Waals surface area contributed by atoms with Crippen LogP contribution in [0.25, 0.3) is 0 Å². The number of hydrogen-bond acceptors (Lipinski definition) is 2. The largest absolute Gasteiger partial charge is 0.317 e. The molecular weight excluding hydrogens is 375 g/mol. The number of halogens is 2. The van der Waals surface area contributed by atoms with Crippen molar-refractivity contribution in [3.63, 3.8) is 0 Å². The predicted octanol–water partition coefficient (Wildman–Crippen LogP) is 5.45. The Hall–Kier alpha value is -1.06. The van der Waals surface area contributed by atoms with Crippen LogP contribution in [-0.4, -0.2) is 26.2 Å². The van der Waals surface area contributed by atoms with Crippen LogP contribution in [0, 0.1) is 0 Å². The molecule has 2 aromatic rings. The molecule has 2 nitrogen and oxygen atoms in total. The average Bonchev–Trinajstić information content (AvgIpc) is 2.67. The maximum absolute atomic E-state index is 3.56. The van der Waals surface area contributed by atoms with E-state index in [2.05, 4.69) is 71.3 Å². The first-order chi connectivity index (χ1) is 12.4. The molecule has 0 atom stereocenters. The van der Waals surface area contributed by atoms with Crippen molar-refractivity contribution in [2.45, 2.75) is 44.9 Å². The summed E-state index contributed by atoms with van der Waals surface area (Å²) >= 11 is 0. The molecule has 0 aliphatic heterocycles. The molecule has 0 radical (unpaired) electrons. The Balaban J connectivity index is 0.00000338. The zero-order valence-corrected chi connectivity index (χ0v) is 18.0. The zero-order valence-electron chi connectivity index (χ0n) is 16.4. The summed E-state index contributed by atoms with van der Waals surface area (Å²) in [6.45, 7) is 4.54. The highest BCUT2D eigenvalue weighted by Crippen LogP contribution is 2.04. The minimum atomic E-state index is 0. The highest BCUT2D eigenvalue weighted by atomic mass is 35.5. The van der Waals surface area contributed by atoms with Gasteiger partial charge in [0.25, 0.3) is 0 Å². The van der Waals surface area contributed by atoms with E-state index in [1.807, 2.05) is 0 Å². The quantitative estimate of drug-likeness (QED) is 0.404. The van der Waals surface area contributed by atoms with E-state index in [1.54, 1.807) is 0 Å². The highest BCUT2D eigenvalue weighted by Gasteiger charge is 1.94. The first kappa shape index (κ1) is 25.9. The Morgan fingerprint density at radius 3 is 1.22 bits per heavy atom. The Morgan fingerprint density at radius 2 is 0.815 bits per heavy atom. The molecule has 0 saturated carbocycles. The molecule has 27 heavy (non-hydrogen) atoms. The smallest absolute Gasteiger partial charge is 0.00368 e. The van der Waals surface area contributed by atoms with Gasteiger partial charge in [-0.2, -0.15) is 0 Å². The normalized spacial score (nSPS) is 10.1. The van der Waals surface area contributed by atoms with E-state index in [0.29, 0.717) is 0 Å². The zero-order chi connectivity index (χ0) is 17.4. The van der Waals surface area contributed by atoms with Crippen LogP contribution in [0.1, 0.15) is 43.2 Å². The third kappa shape index (κ3) is 13.7. The summed E-state index contributed by atoms with van der Waals surface area (Å²) in [5, 5.41) is 7.11. The summed E-state index contributed by atoms with van der Waals surface area (Å²) in [6.07, 6.45) is 8.70. The first-order valence-electron chi connectivity index (χ1n) is 9.94. The number of hydrogen-bond donors (Lipinski definition) is 2. The minimum absolute atomic E-state index is 0. The van der Waals surface area contributed by atoms with Gasteiger partial charge < -0.3 is 10.6 Å². The lowest BCUT2D eigenvalue weighted by Crippen LogP contribution is -2.23. The molecule has 0 aliphatic carbocycles. The topological polar surface area (TPSA) is 24.1 Å². The number of rotatable bonds is 14. The Kier molecular flexibility index (Phi) is 17.6. The molecule has 2 aromatic carbocycles. The number of benzene rings is 2. The molecule has 0 heterocycles. The third-order valence-corrected chi connectivity index (χ3v) is 4.53. The van der Waals surface area contributed by atoms with E-state index in [1.165, 1.54) is 56.1 Å². The van der Waals surface area contributed by atoms with Gasteiger partial charge in [0, 0.05) is 0 Å².